The number of rotatable bonds is 9. The van der Waals surface area contributed by atoms with Crippen LogP contribution in [-0.2, 0) is 4.79 Å². The predicted molar refractivity (Wildman–Crippen MR) is 76.6 cm³/mol. The van der Waals surface area contributed by atoms with E-state index >= 15 is 0 Å². The second-order valence-electron chi connectivity index (χ2n) is 5.91. The maximum atomic E-state index is 11.8. The van der Waals surface area contributed by atoms with Gasteiger partial charge in [-0.1, -0.05) is 45.4 Å². The summed E-state index contributed by atoms with van der Waals surface area (Å²) in [6.45, 7) is 6.31. The van der Waals surface area contributed by atoms with Crippen molar-refractivity contribution in [2.24, 2.45) is 0 Å². The van der Waals surface area contributed by atoms with Gasteiger partial charge in [0.25, 0.3) is 0 Å². The highest BCUT2D eigenvalue weighted by Gasteiger charge is 2.29. The Kier molecular flexibility index (Phi) is 7.33. The average Bonchev–Trinajstić information content (AvgIpc) is 2.74. The molecule has 1 fully saturated rings. The molecule has 3 nitrogen and oxygen atoms in total. The molecule has 1 atom stereocenters. The first-order chi connectivity index (χ1) is 8.66. The van der Waals surface area contributed by atoms with Crippen LogP contribution in [0.3, 0.4) is 0 Å². The fourth-order valence-corrected chi connectivity index (χ4v) is 2.57. The highest BCUT2D eigenvalue weighted by molar-refractivity contribution is 5.76. The van der Waals surface area contributed by atoms with Crippen molar-refractivity contribution >= 4 is 5.91 Å². The van der Waals surface area contributed by atoms with Gasteiger partial charge in [-0.15, -0.1) is 0 Å². The summed E-state index contributed by atoms with van der Waals surface area (Å²) in [5.74, 6) is 0.231. The summed E-state index contributed by atoms with van der Waals surface area (Å²) < 4.78 is 0. The number of carbonyl (C=O) groups is 1. The van der Waals surface area contributed by atoms with Gasteiger partial charge in [0, 0.05) is 13.0 Å². The summed E-state index contributed by atoms with van der Waals surface area (Å²) in [6, 6.07) is 0. The summed E-state index contributed by atoms with van der Waals surface area (Å²) in [5, 5.41) is 6.46. The van der Waals surface area contributed by atoms with Gasteiger partial charge in [-0.25, -0.2) is 0 Å². The molecule has 0 spiro atoms. The lowest BCUT2D eigenvalue weighted by Gasteiger charge is -2.24. The predicted octanol–water partition coefficient (Wildman–Crippen LogP) is 3.00. The number of unbranched alkanes of at least 4 members (excludes halogenated alkanes) is 6. The van der Waals surface area contributed by atoms with E-state index < -0.39 is 0 Å². The zero-order chi connectivity index (χ0) is 13.3. The molecule has 1 unspecified atom stereocenters. The van der Waals surface area contributed by atoms with Crippen molar-refractivity contribution in [3.8, 4) is 0 Å². The van der Waals surface area contributed by atoms with E-state index in [9.17, 15) is 4.79 Å². The fraction of sp³-hybridized carbons (Fsp3) is 0.933. The zero-order valence-electron chi connectivity index (χ0n) is 12.2. The summed E-state index contributed by atoms with van der Waals surface area (Å²) in [6.07, 6.45) is 10.6. The molecule has 1 aliphatic rings. The summed E-state index contributed by atoms with van der Waals surface area (Å²) >= 11 is 0. The Labute approximate surface area is 112 Å². The Morgan fingerprint density at radius 1 is 1.17 bits per heavy atom. The molecular weight excluding hydrogens is 224 g/mol. The number of hydrogen-bond donors (Lipinski definition) is 2. The van der Waals surface area contributed by atoms with Crippen LogP contribution < -0.4 is 10.6 Å². The van der Waals surface area contributed by atoms with E-state index in [1.165, 1.54) is 38.5 Å². The Morgan fingerprint density at radius 3 is 2.44 bits per heavy atom. The van der Waals surface area contributed by atoms with Crippen molar-refractivity contribution in [3.05, 3.63) is 0 Å². The van der Waals surface area contributed by atoms with E-state index in [1.807, 2.05) is 0 Å². The Bertz CT molecular complexity index is 235. The van der Waals surface area contributed by atoms with Crippen molar-refractivity contribution in [2.75, 3.05) is 13.1 Å². The van der Waals surface area contributed by atoms with Crippen LogP contribution in [0.25, 0.3) is 0 Å². The number of carbonyl (C=O) groups excluding carboxylic acids is 1. The summed E-state index contributed by atoms with van der Waals surface area (Å²) in [7, 11) is 0. The van der Waals surface area contributed by atoms with E-state index in [0.717, 1.165) is 25.9 Å². The lowest BCUT2D eigenvalue weighted by molar-refractivity contribution is -0.122. The maximum absolute atomic E-state index is 11.8. The molecule has 0 radical (unpaired) electrons. The minimum atomic E-state index is -0.00178. The molecule has 1 heterocycles. The van der Waals surface area contributed by atoms with Gasteiger partial charge in [-0.2, -0.15) is 0 Å². The molecule has 0 bridgehead atoms. The molecule has 0 aromatic rings. The molecule has 1 rings (SSSR count). The van der Waals surface area contributed by atoms with Crippen LogP contribution >= 0.6 is 0 Å². The minimum Gasteiger partial charge on any atom is -0.350 e. The topological polar surface area (TPSA) is 41.1 Å². The molecule has 0 aromatic heterocycles. The van der Waals surface area contributed by atoms with Gasteiger partial charge in [-0.05, 0) is 26.3 Å². The first kappa shape index (κ1) is 15.5. The SMILES string of the molecule is CCCCCCCCCC(=O)NC1(C)CCNC1. The fourth-order valence-electron chi connectivity index (χ4n) is 2.57. The Balaban J connectivity index is 1.97. The van der Waals surface area contributed by atoms with Crippen molar-refractivity contribution in [1.82, 2.24) is 10.6 Å². The van der Waals surface area contributed by atoms with Crippen LogP contribution in [0.2, 0.25) is 0 Å². The van der Waals surface area contributed by atoms with Crippen LogP contribution in [-0.4, -0.2) is 24.5 Å². The molecule has 2 N–H and O–H groups in total. The van der Waals surface area contributed by atoms with Crippen molar-refractivity contribution in [1.29, 1.82) is 0 Å². The molecule has 1 amide bonds. The molecule has 106 valence electrons. The lowest BCUT2D eigenvalue weighted by atomic mass is 10.0. The highest BCUT2D eigenvalue weighted by Crippen LogP contribution is 2.14. The Morgan fingerprint density at radius 2 is 1.83 bits per heavy atom. The Hall–Kier alpha value is -0.570. The van der Waals surface area contributed by atoms with Crippen LogP contribution in [0.1, 0.15) is 71.6 Å². The summed E-state index contributed by atoms with van der Waals surface area (Å²) in [5.41, 5.74) is -0.00178. The summed E-state index contributed by atoms with van der Waals surface area (Å²) in [4.78, 5) is 11.8. The van der Waals surface area contributed by atoms with E-state index in [1.54, 1.807) is 0 Å². The van der Waals surface area contributed by atoms with Crippen LogP contribution in [0.15, 0.2) is 0 Å². The molecule has 1 aliphatic heterocycles. The van der Waals surface area contributed by atoms with Crippen LogP contribution in [0, 0.1) is 0 Å². The van der Waals surface area contributed by atoms with Gasteiger partial charge >= 0.3 is 0 Å². The molecule has 0 aromatic carbocycles. The normalized spacial score (nSPS) is 23.2. The van der Waals surface area contributed by atoms with Gasteiger partial charge in [0.05, 0.1) is 5.54 Å². The third-order valence-corrected chi connectivity index (χ3v) is 3.82. The van der Waals surface area contributed by atoms with Gasteiger partial charge in [-0.3, -0.25) is 4.79 Å². The van der Waals surface area contributed by atoms with Crippen LogP contribution in [0.4, 0.5) is 0 Å². The molecule has 0 saturated carbocycles. The van der Waals surface area contributed by atoms with Gasteiger partial charge < -0.3 is 10.6 Å². The number of amides is 1. The lowest BCUT2D eigenvalue weighted by Crippen LogP contribution is -2.47. The van der Waals surface area contributed by atoms with Gasteiger partial charge in [0.2, 0.25) is 5.91 Å². The molecule has 0 aliphatic carbocycles. The standard InChI is InChI=1S/C15H30N2O/c1-3-4-5-6-7-8-9-10-14(18)17-15(2)11-12-16-13-15/h16H,3-13H2,1-2H3,(H,17,18). The van der Waals surface area contributed by atoms with E-state index in [0.29, 0.717) is 6.42 Å². The second-order valence-corrected chi connectivity index (χ2v) is 5.91. The van der Waals surface area contributed by atoms with Gasteiger partial charge in [0.1, 0.15) is 0 Å². The molecule has 1 saturated heterocycles. The van der Waals surface area contributed by atoms with Crippen molar-refractivity contribution < 1.29 is 4.79 Å². The first-order valence-corrected chi connectivity index (χ1v) is 7.68. The highest BCUT2D eigenvalue weighted by atomic mass is 16.1. The number of hydrogen-bond acceptors (Lipinski definition) is 2. The third-order valence-electron chi connectivity index (χ3n) is 3.82. The van der Waals surface area contributed by atoms with Crippen molar-refractivity contribution in [2.45, 2.75) is 77.2 Å². The molecule has 18 heavy (non-hydrogen) atoms. The minimum absolute atomic E-state index is 0.00178. The van der Waals surface area contributed by atoms with Crippen LogP contribution in [0.5, 0.6) is 0 Å². The first-order valence-electron chi connectivity index (χ1n) is 7.68. The zero-order valence-corrected chi connectivity index (χ0v) is 12.2. The van der Waals surface area contributed by atoms with E-state index in [4.69, 9.17) is 0 Å². The average molecular weight is 254 g/mol. The maximum Gasteiger partial charge on any atom is 0.220 e. The van der Waals surface area contributed by atoms with Gasteiger partial charge in [0.15, 0.2) is 0 Å². The quantitative estimate of drug-likeness (QED) is 0.621. The van der Waals surface area contributed by atoms with Crippen molar-refractivity contribution in [3.63, 3.8) is 0 Å². The monoisotopic (exact) mass is 254 g/mol. The second kappa shape index (κ2) is 8.52. The molecule has 3 heteroatoms. The smallest absolute Gasteiger partial charge is 0.220 e. The van der Waals surface area contributed by atoms with E-state index in [-0.39, 0.29) is 11.4 Å². The molecular formula is C15H30N2O. The largest absolute Gasteiger partial charge is 0.350 e. The van der Waals surface area contributed by atoms with E-state index in [2.05, 4.69) is 24.5 Å². The number of nitrogens with one attached hydrogen (secondary N) is 2. The third kappa shape index (κ3) is 6.39.